The molecule has 0 bridgehead atoms. The van der Waals surface area contributed by atoms with Crippen LogP contribution in [0, 0.1) is 5.82 Å². The van der Waals surface area contributed by atoms with Crippen molar-refractivity contribution in [2.45, 2.75) is 19.1 Å². The molecule has 2 atom stereocenters. The monoisotopic (exact) mass is 294 g/mol. The first-order chi connectivity index (χ1) is 10.0. The number of halogens is 1. The second-order valence-electron chi connectivity index (χ2n) is 5.27. The molecule has 2 N–H and O–H groups in total. The van der Waals surface area contributed by atoms with E-state index in [-0.39, 0.29) is 30.0 Å². The predicted molar refractivity (Wildman–Crippen MR) is 73.0 cm³/mol. The van der Waals surface area contributed by atoms with Crippen molar-refractivity contribution < 1.29 is 23.8 Å². The first-order valence-corrected chi connectivity index (χ1v) is 6.69. The van der Waals surface area contributed by atoms with Gasteiger partial charge in [-0.05, 0) is 19.1 Å². The number of aliphatic hydroxyl groups is 1. The van der Waals surface area contributed by atoms with Crippen LogP contribution in [0.25, 0.3) is 0 Å². The average molecular weight is 294 g/mol. The molecule has 2 aliphatic heterocycles. The van der Waals surface area contributed by atoms with Crippen LogP contribution in [0.3, 0.4) is 0 Å². The maximum Gasteiger partial charge on any atom is 0.296 e. The Kier molecular flexibility index (Phi) is 3.38. The number of amides is 1. The molecule has 3 rings (SSSR count). The lowest BCUT2D eigenvalue weighted by Gasteiger charge is -2.39. The van der Waals surface area contributed by atoms with Crippen molar-refractivity contribution in [3.8, 4) is 0 Å². The normalized spacial score (nSPS) is 25.0. The number of ketones is 1. The lowest BCUT2D eigenvalue weighted by atomic mass is 10.1. The molecule has 0 saturated carbocycles. The van der Waals surface area contributed by atoms with E-state index in [0.29, 0.717) is 18.8 Å². The van der Waals surface area contributed by atoms with Crippen LogP contribution in [0.5, 0.6) is 0 Å². The third kappa shape index (κ3) is 2.28. The minimum absolute atomic E-state index is 0.0564. The lowest BCUT2D eigenvalue weighted by molar-refractivity contribution is -0.112. The summed E-state index contributed by atoms with van der Waals surface area (Å²) in [6, 6.07) is 2.47. The van der Waals surface area contributed by atoms with E-state index in [1.54, 1.807) is 4.90 Å². The number of hydrogen-bond acceptors (Lipinski definition) is 5. The summed E-state index contributed by atoms with van der Waals surface area (Å²) in [5.41, 5.74) is 0.666. The van der Waals surface area contributed by atoms with Gasteiger partial charge in [0.05, 0.1) is 36.3 Å². The Labute approximate surface area is 120 Å². The van der Waals surface area contributed by atoms with Gasteiger partial charge in [0.1, 0.15) is 5.82 Å². The second-order valence-corrected chi connectivity index (χ2v) is 5.27. The lowest BCUT2D eigenvalue weighted by Crippen LogP contribution is -2.50. The topological polar surface area (TPSA) is 78.9 Å². The molecule has 2 unspecified atom stereocenters. The predicted octanol–water partition coefficient (Wildman–Crippen LogP) is 0.546. The van der Waals surface area contributed by atoms with Crippen molar-refractivity contribution in [3.63, 3.8) is 0 Å². The van der Waals surface area contributed by atoms with Crippen molar-refractivity contribution in [3.05, 3.63) is 23.5 Å². The zero-order valence-corrected chi connectivity index (χ0v) is 11.4. The number of ether oxygens (including phenoxy) is 1. The van der Waals surface area contributed by atoms with Crippen molar-refractivity contribution in [1.29, 1.82) is 0 Å². The number of aliphatic hydroxyl groups excluding tert-OH is 1. The molecule has 0 aliphatic carbocycles. The van der Waals surface area contributed by atoms with Crippen LogP contribution in [-0.4, -0.2) is 48.7 Å². The van der Waals surface area contributed by atoms with Crippen molar-refractivity contribution >= 4 is 23.1 Å². The van der Waals surface area contributed by atoms with Crippen LogP contribution >= 0.6 is 0 Å². The number of anilines is 2. The number of carbonyl (C=O) groups is 2. The molecule has 6 nitrogen and oxygen atoms in total. The zero-order valence-electron chi connectivity index (χ0n) is 11.4. The van der Waals surface area contributed by atoms with Gasteiger partial charge in [0.25, 0.3) is 11.7 Å². The van der Waals surface area contributed by atoms with Gasteiger partial charge in [0, 0.05) is 12.6 Å². The molecule has 21 heavy (non-hydrogen) atoms. The highest BCUT2D eigenvalue weighted by molar-refractivity contribution is 6.51. The fraction of sp³-hybridized carbons (Fsp3) is 0.429. The molecular formula is C14H15FN2O4. The van der Waals surface area contributed by atoms with E-state index < -0.39 is 17.5 Å². The number of Topliss-reactive ketones (excluding diaryl/α,β-unsaturated/α-hetero) is 1. The summed E-state index contributed by atoms with van der Waals surface area (Å²) in [5, 5.41) is 11.6. The van der Waals surface area contributed by atoms with E-state index in [2.05, 4.69) is 5.32 Å². The van der Waals surface area contributed by atoms with Crippen LogP contribution < -0.4 is 10.2 Å². The highest BCUT2D eigenvalue weighted by atomic mass is 19.1. The Morgan fingerprint density at radius 1 is 1.48 bits per heavy atom. The van der Waals surface area contributed by atoms with Crippen LogP contribution in [0.15, 0.2) is 12.1 Å². The highest BCUT2D eigenvalue weighted by Gasteiger charge is 2.33. The molecule has 112 valence electrons. The number of rotatable bonds is 2. The molecule has 1 saturated heterocycles. The van der Waals surface area contributed by atoms with E-state index in [9.17, 15) is 19.1 Å². The number of carbonyl (C=O) groups excluding carboxylic acids is 2. The molecule has 1 fully saturated rings. The summed E-state index contributed by atoms with van der Waals surface area (Å²) in [6.07, 6.45) is -0.384. The van der Waals surface area contributed by atoms with Crippen LogP contribution in [0.1, 0.15) is 17.3 Å². The van der Waals surface area contributed by atoms with Gasteiger partial charge in [0.2, 0.25) is 0 Å². The van der Waals surface area contributed by atoms with Gasteiger partial charge in [-0.1, -0.05) is 0 Å². The van der Waals surface area contributed by atoms with Gasteiger partial charge in [0.15, 0.2) is 0 Å². The quantitative estimate of drug-likeness (QED) is 0.779. The van der Waals surface area contributed by atoms with Crippen molar-refractivity contribution in [1.82, 2.24) is 0 Å². The standard InChI is InChI=1S/C14H15FN2O4/c1-7-6-21-8(5-18)4-17(7)12-3-11-9(2-10(12)15)13(19)14(20)16-11/h2-3,7-8,18H,4-6H2,1H3,(H,16,19,20). The summed E-state index contributed by atoms with van der Waals surface area (Å²) in [6.45, 7) is 2.44. The van der Waals surface area contributed by atoms with Gasteiger partial charge in [-0.25, -0.2) is 4.39 Å². The van der Waals surface area contributed by atoms with E-state index in [1.807, 2.05) is 6.92 Å². The molecule has 2 heterocycles. The zero-order chi connectivity index (χ0) is 15.1. The Bertz CT molecular complexity index is 619. The molecule has 1 aromatic rings. The summed E-state index contributed by atoms with van der Waals surface area (Å²) in [5.74, 6) is -2.03. The Morgan fingerprint density at radius 3 is 2.95 bits per heavy atom. The first-order valence-electron chi connectivity index (χ1n) is 6.69. The fourth-order valence-electron chi connectivity index (χ4n) is 2.64. The van der Waals surface area contributed by atoms with Crippen molar-refractivity contribution in [2.75, 3.05) is 30.0 Å². The minimum atomic E-state index is -0.746. The van der Waals surface area contributed by atoms with Crippen LogP contribution in [0.4, 0.5) is 15.8 Å². The minimum Gasteiger partial charge on any atom is -0.394 e. The number of benzene rings is 1. The summed E-state index contributed by atoms with van der Waals surface area (Å²) < 4.78 is 19.7. The highest BCUT2D eigenvalue weighted by Crippen LogP contribution is 2.33. The summed E-state index contributed by atoms with van der Waals surface area (Å²) in [4.78, 5) is 24.7. The van der Waals surface area contributed by atoms with E-state index in [1.165, 1.54) is 6.07 Å². The molecule has 1 aromatic carbocycles. The van der Waals surface area contributed by atoms with E-state index >= 15 is 0 Å². The Morgan fingerprint density at radius 2 is 2.24 bits per heavy atom. The third-order valence-electron chi connectivity index (χ3n) is 3.80. The summed E-state index contributed by atoms with van der Waals surface area (Å²) in [7, 11) is 0. The Hall–Kier alpha value is -1.99. The van der Waals surface area contributed by atoms with Gasteiger partial charge in [-0.2, -0.15) is 0 Å². The van der Waals surface area contributed by atoms with Crippen molar-refractivity contribution in [2.24, 2.45) is 0 Å². The van der Waals surface area contributed by atoms with E-state index in [4.69, 9.17) is 4.74 Å². The molecular weight excluding hydrogens is 279 g/mol. The molecule has 0 radical (unpaired) electrons. The average Bonchev–Trinajstić information content (AvgIpc) is 2.74. The molecule has 0 spiro atoms. The number of nitrogens with one attached hydrogen (secondary N) is 1. The summed E-state index contributed by atoms with van der Waals surface area (Å²) >= 11 is 0. The number of hydrogen-bond donors (Lipinski definition) is 2. The van der Waals surface area contributed by atoms with Crippen LogP contribution in [0.2, 0.25) is 0 Å². The Balaban J connectivity index is 1.98. The maximum atomic E-state index is 14.3. The molecule has 0 aromatic heterocycles. The van der Waals surface area contributed by atoms with Gasteiger partial charge in [-0.15, -0.1) is 0 Å². The fourth-order valence-corrected chi connectivity index (χ4v) is 2.64. The SMILES string of the molecule is CC1COC(CO)CN1c1cc2c(cc1F)C(=O)C(=O)N2. The van der Waals surface area contributed by atoms with E-state index in [0.717, 1.165) is 6.07 Å². The third-order valence-corrected chi connectivity index (χ3v) is 3.80. The first kappa shape index (κ1) is 14.0. The van der Waals surface area contributed by atoms with Gasteiger partial charge >= 0.3 is 0 Å². The smallest absolute Gasteiger partial charge is 0.296 e. The van der Waals surface area contributed by atoms with Gasteiger partial charge in [-0.3, -0.25) is 9.59 Å². The number of fused-ring (bicyclic) bond motifs is 1. The van der Waals surface area contributed by atoms with Crippen LogP contribution in [-0.2, 0) is 9.53 Å². The molecule has 7 heteroatoms. The molecule has 1 amide bonds. The number of nitrogens with zero attached hydrogens (tertiary/aromatic N) is 1. The largest absolute Gasteiger partial charge is 0.394 e. The number of morpholine rings is 1. The molecule has 2 aliphatic rings. The second kappa shape index (κ2) is 5.09. The maximum absolute atomic E-state index is 14.3. The van der Waals surface area contributed by atoms with Gasteiger partial charge < -0.3 is 20.1 Å².